The molecule has 0 aliphatic rings. The Labute approximate surface area is 155 Å². The van der Waals surface area contributed by atoms with Crippen molar-refractivity contribution in [3.05, 3.63) is 89.7 Å². The van der Waals surface area contributed by atoms with Gasteiger partial charge in [-0.1, -0.05) is 61.5 Å². The second-order valence-corrected chi connectivity index (χ2v) is 6.82. The molecule has 2 aromatic carbocycles. The molecule has 0 unspecified atom stereocenters. The Bertz CT molecular complexity index is 853. The van der Waals surface area contributed by atoms with Crippen molar-refractivity contribution in [2.24, 2.45) is 0 Å². The highest BCUT2D eigenvalue weighted by atomic mass is 16.1. The highest BCUT2D eigenvalue weighted by Gasteiger charge is 2.14. The van der Waals surface area contributed by atoms with Crippen LogP contribution in [-0.2, 0) is 11.2 Å². The fourth-order valence-corrected chi connectivity index (χ4v) is 3.34. The maximum absolute atomic E-state index is 12.5. The quantitative estimate of drug-likeness (QED) is 0.546. The maximum atomic E-state index is 12.5. The minimum absolute atomic E-state index is 0.299. The lowest BCUT2D eigenvalue weighted by Gasteiger charge is -2.14. The van der Waals surface area contributed by atoms with Crippen LogP contribution in [-0.4, -0.2) is 10.8 Å². The predicted octanol–water partition coefficient (Wildman–Crippen LogP) is 5.75. The number of benzene rings is 2. The summed E-state index contributed by atoms with van der Waals surface area (Å²) in [7, 11) is 0. The number of nitrogens with zero attached hydrogens (tertiary/aromatic N) is 1. The predicted molar refractivity (Wildman–Crippen MR) is 107 cm³/mol. The van der Waals surface area contributed by atoms with E-state index in [0.717, 1.165) is 28.8 Å². The fourth-order valence-electron chi connectivity index (χ4n) is 3.34. The third-order valence-corrected chi connectivity index (χ3v) is 4.82. The van der Waals surface area contributed by atoms with Crippen LogP contribution in [0.4, 0.5) is 0 Å². The number of rotatable bonds is 7. The van der Waals surface area contributed by atoms with Crippen LogP contribution in [0.25, 0.3) is 11.1 Å². The largest absolute Gasteiger partial charge is 0.299 e. The van der Waals surface area contributed by atoms with Gasteiger partial charge in [0.05, 0.1) is 0 Å². The third kappa shape index (κ3) is 4.66. The average molecular weight is 343 g/mol. The number of pyridine rings is 1. The van der Waals surface area contributed by atoms with Crippen LogP contribution < -0.4 is 0 Å². The molecule has 0 bridgehead atoms. The number of Topliss-reactive ketones (excluding diaryl/α,β-unsaturated/α-hetero) is 1. The monoisotopic (exact) mass is 343 g/mol. The van der Waals surface area contributed by atoms with Gasteiger partial charge in [-0.3, -0.25) is 9.78 Å². The molecule has 1 atom stereocenters. The van der Waals surface area contributed by atoms with Crippen LogP contribution in [0.2, 0.25) is 0 Å². The molecule has 0 saturated carbocycles. The number of hydrogen-bond donors (Lipinski definition) is 0. The number of carbonyl (C=O) groups is 1. The van der Waals surface area contributed by atoms with E-state index in [2.05, 4.69) is 54.4 Å². The van der Waals surface area contributed by atoms with Crippen molar-refractivity contribution < 1.29 is 4.79 Å². The van der Waals surface area contributed by atoms with E-state index in [1.54, 1.807) is 0 Å². The molecule has 0 saturated heterocycles. The first-order valence-electron chi connectivity index (χ1n) is 9.24. The summed E-state index contributed by atoms with van der Waals surface area (Å²) in [4.78, 5) is 16.8. The van der Waals surface area contributed by atoms with Crippen molar-refractivity contribution in [2.45, 2.75) is 39.0 Å². The van der Waals surface area contributed by atoms with E-state index < -0.39 is 0 Å². The Kier molecular flexibility index (Phi) is 5.96. The van der Waals surface area contributed by atoms with Gasteiger partial charge >= 0.3 is 0 Å². The van der Waals surface area contributed by atoms with Gasteiger partial charge < -0.3 is 0 Å². The number of ketones is 1. The molecule has 0 aliphatic heterocycles. The van der Waals surface area contributed by atoms with Gasteiger partial charge in [0.1, 0.15) is 5.78 Å². The molecule has 132 valence electrons. The van der Waals surface area contributed by atoms with Crippen molar-refractivity contribution in [3.8, 4) is 11.1 Å². The first-order valence-corrected chi connectivity index (χ1v) is 9.24. The molecule has 2 heteroatoms. The van der Waals surface area contributed by atoms with Gasteiger partial charge in [-0.15, -0.1) is 0 Å². The summed E-state index contributed by atoms with van der Waals surface area (Å²) in [6.45, 7) is 4.14. The van der Waals surface area contributed by atoms with Crippen molar-refractivity contribution in [1.29, 1.82) is 0 Å². The van der Waals surface area contributed by atoms with Crippen LogP contribution in [0.1, 0.15) is 42.5 Å². The molecule has 0 fully saturated rings. The van der Waals surface area contributed by atoms with E-state index in [1.165, 1.54) is 5.56 Å². The maximum Gasteiger partial charge on any atom is 0.137 e. The Morgan fingerprint density at radius 3 is 2.35 bits per heavy atom. The molecule has 3 rings (SSSR count). The molecular weight excluding hydrogens is 318 g/mol. The minimum atomic E-state index is 0.299. The van der Waals surface area contributed by atoms with E-state index in [0.29, 0.717) is 24.5 Å². The second kappa shape index (κ2) is 8.57. The van der Waals surface area contributed by atoms with Gasteiger partial charge in [0.15, 0.2) is 0 Å². The summed E-state index contributed by atoms with van der Waals surface area (Å²) in [5, 5.41) is 0. The molecule has 0 radical (unpaired) electrons. The standard InChI is InChI=1S/C24H25NO/c1-3-20(21-7-5-4-6-8-21)17-24(26)16-19-9-11-22(12-10-19)23-13-14-25-18(2)15-23/h4-15,20H,3,16-17H2,1-2H3/t20-/m1/s1. The molecular formula is C24H25NO. The first-order chi connectivity index (χ1) is 12.7. The molecule has 1 aromatic heterocycles. The molecule has 0 N–H and O–H groups in total. The molecule has 26 heavy (non-hydrogen) atoms. The van der Waals surface area contributed by atoms with Gasteiger partial charge in [0.2, 0.25) is 0 Å². The van der Waals surface area contributed by atoms with Crippen molar-refractivity contribution in [3.63, 3.8) is 0 Å². The minimum Gasteiger partial charge on any atom is -0.299 e. The van der Waals surface area contributed by atoms with Gasteiger partial charge in [-0.05, 0) is 53.6 Å². The van der Waals surface area contributed by atoms with E-state index in [-0.39, 0.29) is 0 Å². The smallest absolute Gasteiger partial charge is 0.137 e. The van der Waals surface area contributed by atoms with Crippen molar-refractivity contribution in [1.82, 2.24) is 4.98 Å². The SMILES string of the molecule is CC[C@H](CC(=O)Cc1ccc(-c2ccnc(C)c2)cc1)c1ccccc1. The molecule has 1 heterocycles. The fraction of sp³-hybridized carbons (Fsp3) is 0.250. The van der Waals surface area contributed by atoms with Crippen LogP contribution in [0.3, 0.4) is 0 Å². The van der Waals surface area contributed by atoms with Crippen LogP contribution in [0.5, 0.6) is 0 Å². The van der Waals surface area contributed by atoms with Crippen LogP contribution >= 0.6 is 0 Å². The number of aryl methyl sites for hydroxylation is 1. The molecule has 0 amide bonds. The summed E-state index contributed by atoms with van der Waals surface area (Å²) in [6, 6.07) is 22.7. The number of carbonyl (C=O) groups excluding carboxylic acids is 1. The second-order valence-electron chi connectivity index (χ2n) is 6.82. The van der Waals surface area contributed by atoms with Crippen molar-refractivity contribution in [2.75, 3.05) is 0 Å². The zero-order valence-corrected chi connectivity index (χ0v) is 15.5. The molecule has 0 spiro atoms. The summed E-state index contributed by atoms with van der Waals surface area (Å²) in [6.07, 6.45) is 3.91. The van der Waals surface area contributed by atoms with Gasteiger partial charge in [-0.2, -0.15) is 0 Å². The first kappa shape index (κ1) is 18.1. The van der Waals surface area contributed by atoms with Crippen LogP contribution in [0.15, 0.2) is 72.9 Å². The zero-order chi connectivity index (χ0) is 18.4. The lowest BCUT2D eigenvalue weighted by Crippen LogP contribution is -2.09. The topological polar surface area (TPSA) is 30.0 Å². The summed E-state index contributed by atoms with van der Waals surface area (Å²) in [5.41, 5.74) is 5.65. The third-order valence-electron chi connectivity index (χ3n) is 4.82. The number of hydrogen-bond acceptors (Lipinski definition) is 2. The van der Waals surface area contributed by atoms with E-state index in [1.807, 2.05) is 37.4 Å². The Morgan fingerprint density at radius 1 is 0.962 bits per heavy atom. The highest BCUT2D eigenvalue weighted by Crippen LogP contribution is 2.25. The molecule has 3 aromatic rings. The molecule has 2 nitrogen and oxygen atoms in total. The van der Waals surface area contributed by atoms with Crippen LogP contribution in [0, 0.1) is 6.92 Å². The lowest BCUT2D eigenvalue weighted by molar-refractivity contribution is -0.118. The zero-order valence-electron chi connectivity index (χ0n) is 15.5. The Morgan fingerprint density at radius 2 is 1.69 bits per heavy atom. The summed E-state index contributed by atoms with van der Waals surface area (Å²) < 4.78 is 0. The van der Waals surface area contributed by atoms with E-state index >= 15 is 0 Å². The van der Waals surface area contributed by atoms with Crippen molar-refractivity contribution >= 4 is 5.78 Å². The normalized spacial score (nSPS) is 11.9. The summed E-state index contributed by atoms with van der Waals surface area (Å²) in [5.74, 6) is 0.607. The average Bonchev–Trinajstić information content (AvgIpc) is 2.67. The number of aromatic nitrogens is 1. The van der Waals surface area contributed by atoms with Gasteiger partial charge in [0.25, 0.3) is 0 Å². The Hall–Kier alpha value is -2.74. The lowest BCUT2D eigenvalue weighted by atomic mass is 9.90. The molecule has 0 aliphatic carbocycles. The summed E-state index contributed by atoms with van der Waals surface area (Å²) >= 11 is 0. The van der Waals surface area contributed by atoms with E-state index in [4.69, 9.17) is 0 Å². The Balaban J connectivity index is 1.64. The van der Waals surface area contributed by atoms with Gasteiger partial charge in [-0.25, -0.2) is 0 Å². The van der Waals surface area contributed by atoms with E-state index in [9.17, 15) is 4.79 Å². The highest BCUT2D eigenvalue weighted by molar-refractivity contribution is 5.82. The van der Waals surface area contributed by atoms with Gasteiger partial charge in [0, 0.05) is 24.7 Å².